The molecule has 1 heteroatoms. The van der Waals surface area contributed by atoms with E-state index >= 15 is 0 Å². The number of aromatic nitrogens is 1. The Morgan fingerprint density at radius 3 is 2.29 bits per heavy atom. The molecular weight excluding hydrogens is 170 g/mol. The zero-order chi connectivity index (χ0) is 10.6. The largest absolute Gasteiger partial charge is 0.351 e. The molecule has 0 atom stereocenters. The summed E-state index contributed by atoms with van der Waals surface area (Å²) in [5.41, 5.74) is 4.33. The molecule has 1 aromatic rings. The maximum atomic E-state index is 2.40. The lowest BCUT2D eigenvalue weighted by molar-refractivity contribution is 0.575. The minimum atomic E-state index is 1.19. The van der Waals surface area contributed by atoms with Gasteiger partial charge in [0.2, 0.25) is 0 Å². The van der Waals surface area contributed by atoms with Crippen LogP contribution in [-0.2, 0) is 6.54 Å². The Bertz CT molecular complexity index is 284. The van der Waals surface area contributed by atoms with E-state index in [2.05, 4.69) is 38.5 Å². The SMILES string of the molecule is CCCCCCn1cc(C)c(C)c1C. The summed E-state index contributed by atoms with van der Waals surface area (Å²) in [4.78, 5) is 0. The number of unbranched alkanes of at least 4 members (excludes halogenated alkanes) is 3. The van der Waals surface area contributed by atoms with Crippen LogP contribution in [0.2, 0.25) is 0 Å². The Hall–Kier alpha value is -0.720. The molecule has 0 aliphatic rings. The van der Waals surface area contributed by atoms with Gasteiger partial charge in [-0.2, -0.15) is 0 Å². The molecule has 0 bridgehead atoms. The highest BCUT2D eigenvalue weighted by Crippen LogP contribution is 2.15. The molecule has 0 unspecified atom stereocenters. The number of aryl methyl sites for hydroxylation is 2. The fourth-order valence-corrected chi connectivity index (χ4v) is 1.87. The van der Waals surface area contributed by atoms with Gasteiger partial charge in [-0.3, -0.25) is 0 Å². The van der Waals surface area contributed by atoms with Gasteiger partial charge in [-0.25, -0.2) is 0 Å². The van der Waals surface area contributed by atoms with Gasteiger partial charge < -0.3 is 4.57 Å². The Labute approximate surface area is 88.1 Å². The second kappa shape index (κ2) is 5.23. The third-order valence-electron chi connectivity index (χ3n) is 3.17. The quantitative estimate of drug-likeness (QED) is 0.623. The lowest BCUT2D eigenvalue weighted by Gasteiger charge is -2.05. The second-order valence-corrected chi connectivity index (χ2v) is 4.28. The molecule has 0 aliphatic heterocycles. The minimum absolute atomic E-state index is 1.19. The van der Waals surface area contributed by atoms with Crippen molar-refractivity contribution in [3.05, 3.63) is 23.0 Å². The third-order valence-corrected chi connectivity index (χ3v) is 3.17. The van der Waals surface area contributed by atoms with Crippen LogP contribution in [0, 0.1) is 20.8 Å². The molecule has 0 saturated carbocycles. The number of hydrogen-bond acceptors (Lipinski definition) is 0. The molecule has 80 valence electrons. The van der Waals surface area contributed by atoms with Crippen LogP contribution in [0.1, 0.15) is 49.4 Å². The van der Waals surface area contributed by atoms with E-state index in [1.165, 1.54) is 49.0 Å². The molecule has 0 aliphatic carbocycles. The van der Waals surface area contributed by atoms with Crippen LogP contribution in [0.3, 0.4) is 0 Å². The van der Waals surface area contributed by atoms with Crippen molar-refractivity contribution in [3.8, 4) is 0 Å². The Morgan fingerprint density at radius 2 is 1.79 bits per heavy atom. The summed E-state index contributed by atoms with van der Waals surface area (Å²) < 4.78 is 2.40. The first-order valence-corrected chi connectivity index (χ1v) is 5.79. The first-order chi connectivity index (χ1) is 6.66. The average molecular weight is 193 g/mol. The first kappa shape index (κ1) is 11.4. The Kier molecular flexibility index (Phi) is 4.24. The summed E-state index contributed by atoms with van der Waals surface area (Å²) in [5.74, 6) is 0. The molecule has 0 fully saturated rings. The van der Waals surface area contributed by atoms with Crippen molar-refractivity contribution in [2.24, 2.45) is 0 Å². The molecule has 14 heavy (non-hydrogen) atoms. The van der Waals surface area contributed by atoms with Crippen LogP contribution < -0.4 is 0 Å². The molecule has 1 nitrogen and oxygen atoms in total. The van der Waals surface area contributed by atoms with Gasteiger partial charge in [0.1, 0.15) is 0 Å². The van der Waals surface area contributed by atoms with Crippen molar-refractivity contribution < 1.29 is 0 Å². The summed E-state index contributed by atoms with van der Waals surface area (Å²) >= 11 is 0. The maximum absolute atomic E-state index is 2.40. The monoisotopic (exact) mass is 193 g/mol. The predicted octanol–water partition coefficient (Wildman–Crippen LogP) is 3.99. The van der Waals surface area contributed by atoms with Gasteiger partial charge in [-0.15, -0.1) is 0 Å². The molecule has 1 rings (SSSR count). The number of rotatable bonds is 5. The van der Waals surface area contributed by atoms with E-state index in [0.717, 1.165) is 0 Å². The molecular formula is C13H23N. The highest BCUT2D eigenvalue weighted by atomic mass is 15.0. The zero-order valence-corrected chi connectivity index (χ0v) is 10.1. The second-order valence-electron chi connectivity index (χ2n) is 4.28. The summed E-state index contributed by atoms with van der Waals surface area (Å²) in [7, 11) is 0. The number of nitrogens with zero attached hydrogens (tertiary/aromatic N) is 1. The van der Waals surface area contributed by atoms with E-state index < -0.39 is 0 Å². The van der Waals surface area contributed by atoms with E-state index in [0.29, 0.717) is 0 Å². The summed E-state index contributed by atoms with van der Waals surface area (Å²) in [6.45, 7) is 10.1. The maximum Gasteiger partial charge on any atom is 0.0222 e. The summed E-state index contributed by atoms with van der Waals surface area (Å²) in [6.07, 6.45) is 7.67. The fourth-order valence-electron chi connectivity index (χ4n) is 1.87. The van der Waals surface area contributed by atoms with Gasteiger partial charge >= 0.3 is 0 Å². The van der Waals surface area contributed by atoms with Crippen molar-refractivity contribution >= 4 is 0 Å². The van der Waals surface area contributed by atoms with Crippen LogP contribution in [-0.4, -0.2) is 4.57 Å². The lowest BCUT2D eigenvalue weighted by atomic mass is 10.2. The molecule has 0 spiro atoms. The summed E-state index contributed by atoms with van der Waals surface area (Å²) in [5, 5.41) is 0. The standard InChI is InChI=1S/C13H23N/c1-5-6-7-8-9-14-10-11(2)12(3)13(14)4/h10H,5-9H2,1-4H3. The predicted molar refractivity (Wildman–Crippen MR) is 62.8 cm³/mol. The van der Waals surface area contributed by atoms with Crippen LogP contribution in [0.5, 0.6) is 0 Å². The van der Waals surface area contributed by atoms with Gasteiger partial charge in [0.05, 0.1) is 0 Å². The van der Waals surface area contributed by atoms with E-state index in [1.54, 1.807) is 0 Å². The van der Waals surface area contributed by atoms with Gasteiger partial charge in [0, 0.05) is 18.4 Å². The van der Waals surface area contributed by atoms with E-state index in [-0.39, 0.29) is 0 Å². The molecule has 1 aromatic heterocycles. The van der Waals surface area contributed by atoms with Gasteiger partial charge in [0.25, 0.3) is 0 Å². The Morgan fingerprint density at radius 1 is 1.07 bits per heavy atom. The molecule has 0 radical (unpaired) electrons. The van der Waals surface area contributed by atoms with Crippen molar-refractivity contribution in [3.63, 3.8) is 0 Å². The van der Waals surface area contributed by atoms with Crippen LogP contribution in [0.25, 0.3) is 0 Å². The molecule has 1 heterocycles. The summed E-state index contributed by atoms with van der Waals surface area (Å²) in [6, 6.07) is 0. The van der Waals surface area contributed by atoms with Crippen molar-refractivity contribution in [1.29, 1.82) is 0 Å². The highest BCUT2D eigenvalue weighted by Gasteiger charge is 2.03. The molecule has 0 saturated heterocycles. The van der Waals surface area contributed by atoms with E-state index in [1.807, 2.05) is 0 Å². The van der Waals surface area contributed by atoms with Crippen molar-refractivity contribution in [2.45, 2.75) is 59.9 Å². The van der Waals surface area contributed by atoms with Crippen molar-refractivity contribution in [1.82, 2.24) is 4.57 Å². The molecule has 0 N–H and O–H groups in total. The number of hydrogen-bond donors (Lipinski definition) is 0. The first-order valence-electron chi connectivity index (χ1n) is 5.79. The van der Waals surface area contributed by atoms with Crippen LogP contribution >= 0.6 is 0 Å². The lowest BCUT2D eigenvalue weighted by Crippen LogP contribution is -1.98. The van der Waals surface area contributed by atoms with E-state index in [4.69, 9.17) is 0 Å². The normalized spacial score (nSPS) is 10.9. The van der Waals surface area contributed by atoms with Crippen LogP contribution in [0.4, 0.5) is 0 Å². The fraction of sp³-hybridized carbons (Fsp3) is 0.692. The minimum Gasteiger partial charge on any atom is -0.351 e. The molecule has 0 amide bonds. The molecule has 0 aromatic carbocycles. The smallest absolute Gasteiger partial charge is 0.0222 e. The van der Waals surface area contributed by atoms with Crippen molar-refractivity contribution in [2.75, 3.05) is 0 Å². The topological polar surface area (TPSA) is 4.93 Å². The average Bonchev–Trinajstić information content (AvgIpc) is 2.41. The highest BCUT2D eigenvalue weighted by molar-refractivity contribution is 5.28. The van der Waals surface area contributed by atoms with Gasteiger partial charge in [0.15, 0.2) is 0 Å². The third kappa shape index (κ3) is 2.63. The van der Waals surface area contributed by atoms with Crippen LogP contribution in [0.15, 0.2) is 6.20 Å². The van der Waals surface area contributed by atoms with E-state index in [9.17, 15) is 0 Å². The Balaban J connectivity index is 2.47. The van der Waals surface area contributed by atoms with Gasteiger partial charge in [-0.1, -0.05) is 26.2 Å². The zero-order valence-electron chi connectivity index (χ0n) is 10.1. The van der Waals surface area contributed by atoms with Gasteiger partial charge in [-0.05, 0) is 38.3 Å².